The second-order valence-electron chi connectivity index (χ2n) is 2.76. The molecule has 0 saturated carbocycles. The monoisotopic (exact) mass is 245 g/mol. The molecule has 88 valence electrons. The number of nitrogens with zero attached hydrogens (tertiary/aromatic N) is 2. The molecule has 0 aliphatic carbocycles. The summed E-state index contributed by atoms with van der Waals surface area (Å²) >= 11 is 0. The second-order valence-corrected chi connectivity index (χ2v) is 4.26. The first-order chi connectivity index (χ1) is 7.59. The van der Waals surface area contributed by atoms with Crippen LogP contribution in [0.2, 0.25) is 0 Å². The van der Waals surface area contributed by atoms with Crippen LogP contribution in [0.25, 0.3) is 0 Å². The third-order valence-corrected chi connectivity index (χ3v) is 2.65. The molecule has 9 heteroatoms. The van der Waals surface area contributed by atoms with Gasteiger partial charge in [0.05, 0.1) is 12.8 Å². The van der Waals surface area contributed by atoms with Gasteiger partial charge in [-0.25, -0.2) is 0 Å². The van der Waals surface area contributed by atoms with Gasteiger partial charge in [0.2, 0.25) is 0 Å². The van der Waals surface area contributed by atoms with Crippen LogP contribution in [0.1, 0.15) is 5.56 Å². The second kappa shape index (κ2) is 5.45. The van der Waals surface area contributed by atoms with Crippen molar-refractivity contribution in [3.63, 3.8) is 0 Å². The number of nitrogens with one attached hydrogen (secondary N) is 3. The average Bonchev–Trinajstić information content (AvgIpc) is 2.64. The van der Waals surface area contributed by atoms with Crippen LogP contribution in [0.15, 0.2) is 6.20 Å². The van der Waals surface area contributed by atoms with E-state index in [-0.39, 0.29) is 24.5 Å². The Morgan fingerprint density at radius 2 is 2.44 bits per heavy atom. The van der Waals surface area contributed by atoms with Crippen LogP contribution in [0.5, 0.6) is 0 Å². The van der Waals surface area contributed by atoms with Gasteiger partial charge in [0.1, 0.15) is 11.6 Å². The summed E-state index contributed by atoms with van der Waals surface area (Å²) in [6.45, 7) is 0.400. The first kappa shape index (κ1) is 12.4. The molecule has 0 fully saturated rings. The molecule has 0 atom stereocenters. The molecule has 0 aliphatic heterocycles. The highest BCUT2D eigenvalue weighted by Gasteiger charge is 2.13. The van der Waals surface area contributed by atoms with Crippen LogP contribution in [-0.2, 0) is 14.9 Å². The Morgan fingerprint density at radius 1 is 1.69 bits per heavy atom. The van der Waals surface area contributed by atoms with E-state index >= 15 is 0 Å². The lowest BCUT2D eigenvalue weighted by Gasteiger charge is -2.07. The zero-order chi connectivity index (χ0) is 12.0. The fourth-order valence-corrected chi connectivity index (χ4v) is 1.75. The summed E-state index contributed by atoms with van der Waals surface area (Å²) in [5, 5.41) is 14.5. The van der Waals surface area contributed by atoms with Crippen molar-refractivity contribution in [1.29, 1.82) is 5.26 Å². The fourth-order valence-electron chi connectivity index (χ4n) is 0.897. The average molecular weight is 245 g/mol. The van der Waals surface area contributed by atoms with Gasteiger partial charge in [0, 0.05) is 13.7 Å². The van der Waals surface area contributed by atoms with Crippen molar-refractivity contribution in [3.05, 3.63) is 11.8 Å². The van der Waals surface area contributed by atoms with Gasteiger partial charge in [-0.05, 0) is 0 Å². The third-order valence-electron chi connectivity index (χ3n) is 1.59. The summed E-state index contributed by atoms with van der Waals surface area (Å²) in [4.78, 5) is 0. The number of aromatic amines is 1. The molecule has 0 aliphatic rings. The van der Waals surface area contributed by atoms with Crippen LogP contribution < -0.4 is 9.44 Å². The number of hydrogen-bond acceptors (Lipinski definition) is 5. The Labute approximate surface area is 92.8 Å². The molecular weight excluding hydrogens is 234 g/mol. The summed E-state index contributed by atoms with van der Waals surface area (Å²) in [5.74, 6) is 0.0346. The van der Waals surface area contributed by atoms with Crippen molar-refractivity contribution in [2.75, 3.05) is 25.0 Å². The predicted octanol–water partition coefficient (Wildman–Crippen LogP) is -0.826. The van der Waals surface area contributed by atoms with Crippen molar-refractivity contribution in [2.45, 2.75) is 0 Å². The third kappa shape index (κ3) is 3.50. The molecule has 1 aromatic heterocycles. The van der Waals surface area contributed by atoms with Crippen LogP contribution in [0.3, 0.4) is 0 Å². The van der Waals surface area contributed by atoms with E-state index in [1.807, 2.05) is 0 Å². The molecule has 1 rings (SSSR count). The molecule has 0 unspecified atom stereocenters. The molecule has 0 amide bonds. The summed E-state index contributed by atoms with van der Waals surface area (Å²) in [7, 11) is -2.25. The van der Waals surface area contributed by atoms with Crippen LogP contribution in [0, 0.1) is 11.3 Å². The van der Waals surface area contributed by atoms with Crippen LogP contribution >= 0.6 is 0 Å². The zero-order valence-corrected chi connectivity index (χ0v) is 9.34. The maximum Gasteiger partial charge on any atom is 0.300 e. The smallest absolute Gasteiger partial charge is 0.300 e. The zero-order valence-electron chi connectivity index (χ0n) is 8.52. The first-order valence-electron chi connectivity index (χ1n) is 4.29. The summed E-state index contributed by atoms with van der Waals surface area (Å²) in [5.41, 5.74) is 0.122. The van der Waals surface area contributed by atoms with E-state index in [2.05, 4.69) is 19.6 Å². The number of aromatic nitrogens is 2. The summed E-state index contributed by atoms with van der Waals surface area (Å²) < 4.78 is 31.9. The Hall–Kier alpha value is -1.63. The van der Waals surface area contributed by atoms with Gasteiger partial charge < -0.3 is 4.74 Å². The highest BCUT2D eigenvalue weighted by Crippen LogP contribution is 2.09. The highest BCUT2D eigenvalue weighted by molar-refractivity contribution is 7.90. The SMILES string of the molecule is COCCNS(=O)(=O)Nc1[nH]ncc1C#N. The molecule has 8 nitrogen and oxygen atoms in total. The molecule has 3 N–H and O–H groups in total. The topological polar surface area (TPSA) is 120 Å². The van der Waals surface area contributed by atoms with Gasteiger partial charge >= 0.3 is 0 Å². The predicted molar refractivity (Wildman–Crippen MR) is 55.7 cm³/mol. The first-order valence-corrected chi connectivity index (χ1v) is 5.77. The summed E-state index contributed by atoms with van der Waals surface area (Å²) in [6, 6.07) is 1.79. The van der Waals surface area contributed by atoms with E-state index < -0.39 is 10.2 Å². The molecule has 1 heterocycles. The molecule has 16 heavy (non-hydrogen) atoms. The minimum absolute atomic E-state index is 0.0346. The number of H-pyrrole nitrogens is 1. The van der Waals surface area contributed by atoms with Crippen molar-refractivity contribution < 1.29 is 13.2 Å². The fraction of sp³-hybridized carbons (Fsp3) is 0.429. The quantitative estimate of drug-likeness (QED) is 0.565. The van der Waals surface area contributed by atoms with Crippen molar-refractivity contribution in [3.8, 4) is 6.07 Å². The van der Waals surface area contributed by atoms with E-state index in [1.54, 1.807) is 6.07 Å². The van der Waals surface area contributed by atoms with Crippen molar-refractivity contribution in [1.82, 2.24) is 14.9 Å². The largest absolute Gasteiger partial charge is 0.383 e. The van der Waals surface area contributed by atoms with Crippen LogP contribution in [-0.4, -0.2) is 38.9 Å². The minimum Gasteiger partial charge on any atom is -0.383 e. The van der Waals surface area contributed by atoms with Gasteiger partial charge in [-0.2, -0.15) is 23.5 Å². The number of nitriles is 1. The number of rotatable bonds is 6. The maximum atomic E-state index is 11.4. The highest BCUT2D eigenvalue weighted by atomic mass is 32.2. The lowest BCUT2D eigenvalue weighted by Crippen LogP contribution is -2.32. The van der Waals surface area contributed by atoms with E-state index in [0.717, 1.165) is 0 Å². The molecule has 0 spiro atoms. The maximum absolute atomic E-state index is 11.4. The van der Waals surface area contributed by atoms with Crippen molar-refractivity contribution in [2.24, 2.45) is 0 Å². The van der Waals surface area contributed by atoms with E-state index in [1.165, 1.54) is 13.3 Å². The number of ether oxygens (including phenoxy) is 1. The van der Waals surface area contributed by atoms with Gasteiger partial charge in [-0.3, -0.25) is 9.82 Å². The van der Waals surface area contributed by atoms with Gasteiger partial charge in [0.25, 0.3) is 10.2 Å². The molecule has 0 bridgehead atoms. The molecular formula is C7H11N5O3S. The Morgan fingerprint density at radius 3 is 3.06 bits per heavy atom. The molecule has 0 radical (unpaired) electrons. The van der Waals surface area contributed by atoms with E-state index in [4.69, 9.17) is 10.00 Å². The number of hydrogen-bond donors (Lipinski definition) is 3. The van der Waals surface area contributed by atoms with Gasteiger partial charge in [0.15, 0.2) is 5.82 Å². The van der Waals surface area contributed by atoms with E-state index in [9.17, 15) is 8.42 Å². The molecule has 0 aromatic carbocycles. The molecule has 0 saturated heterocycles. The lowest BCUT2D eigenvalue weighted by molar-refractivity contribution is 0.204. The van der Waals surface area contributed by atoms with Gasteiger partial charge in [-0.15, -0.1) is 0 Å². The van der Waals surface area contributed by atoms with Crippen LogP contribution in [0.4, 0.5) is 5.82 Å². The number of anilines is 1. The standard InChI is InChI=1S/C7H11N5O3S/c1-15-3-2-10-16(13,14)12-7-6(4-8)5-9-11-7/h5,10H,2-3H2,1H3,(H2,9,11,12). The normalized spacial score (nSPS) is 11.0. The lowest BCUT2D eigenvalue weighted by atomic mass is 10.4. The minimum atomic E-state index is -3.71. The van der Waals surface area contributed by atoms with E-state index in [0.29, 0.717) is 0 Å². The van der Waals surface area contributed by atoms with Gasteiger partial charge in [-0.1, -0.05) is 0 Å². The number of methoxy groups -OCH3 is 1. The Balaban J connectivity index is 2.63. The summed E-state index contributed by atoms with van der Waals surface area (Å²) in [6.07, 6.45) is 1.23. The molecule has 1 aromatic rings. The Kier molecular flexibility index (Phi) is 4.24. The Bertz CT molecular complexity index is 474. The van der Waals surface area contributed by atoms with Crippen molar-refractivity contribution >= 4 is 16.0 Å².